The third-order valence-electron chi connectivity index (χ3n) is 0.189. The Morgan fingerprint density at radius 3 is 1.78 bits per heavy atom. The predicted molar refractivity (Wildman–Crippen MR) is 37.9 cm³/mol. The number of carboxylic acid groups (broad SMARTS) is 1. The molecule has 0 radical (unpaired) electrons. The van der Waals surface area contributed by atoms with Crippen LogP contribution in [0.4, 0.5) is 0 Å². The van der Waals surface area contributed by atoms with Crippen LogP contribution >= 0.6 is 11.6 Å². The fourth-order valence-corrected chi connectivity index (χ4v) is 0. The molecule has 0 bridgehead atoms. The minimum absolute atomic E-state index is 0. The van der Waals surface area contributed by atoms with Gasteiger partial charge < -0.3 is 10.6 Å². The fraction of sp³-hybridized carbons (Fsp3) is 0.800. The molecule has 58 valence electrons. The first-order valence-electron chi connectivity index (χ1n) is 2.40. The number of hydrogen-bond acceptors (Lipinski definition) is 1. The van der Waals surface area contributed by atoms with Gasteiger partial charge in [-0.15, -0.1) is 11.6 Å². The lowest BCUT2D eigenvalue weighted by atomic mass is 10.6. The highest BCUT2D eigenvalue weighted by Gasteiger charge is 1.65. The van der Waals surface area contributed by atoms with Crippen molar-refractivity contribution >= 4 is 17.6 Å². The number of aliphatic carboxylic acids is 1. The largest absolute Gasteiger partial charge is 0.481 e. The second-order valence-electron chi connectivity index (χ2n) is 1.21. The zero-order valence-electron chi connectivity index (χ0n) is 5.65. The number of halogens is 1. The van der Waals surface area contributed by atoms with E-state index in [1.54, 1.807) is 0 Å². The van der Waals surface area contributed by atoms with Crippen LogP contribution in [0.5, 0.6) is 0 Å². The molecule has 0 saturated carbocycles. The maximum Gasteiger partial charge on any atom is 0.300 e. The molecule has 0 saturated heterocycles. The normalized spacial score (nSPS) is 6.11. The number of carboxylic acids is 1. The Bertz CT molecular complexity index is 50.2. The summed E-state index contributed by atoms with van der Waals surface area (Å²) in [7, 11) is 0. The molecule has 4 heteroatoms. The van der Waals surface area contributed by atoms with E-state index in [-0.39, 0.29) is 5.48 Å². The highest BCUT2D eigenvalue weighted by molar-refractivity contribution is 6.17. The minimum Gasteiger partial charge on any atom is -0.481 e. The first-order chi connectivity index (χ1) is 3.65. The number of carbonyl (C=O) groups is 1. The average Bonchev–Trinajstić information content (AvgIpc) is 1.65. The molecule has 0 aliphatic rings. The molecule has 0 unspecified atom stereocenters. The molecule has 9 heavy (non-hydrogen) atoms. The van der Waals surface area contributed by atoms with Crippen LogP contribution in [0.15, 0.2) is 0 Å². The van der Waals surface area contributed by atoms with E-state index in [9.17, 15) is 0 Å². The van der Waals surface area contributed by atoms with Gasteiger partial charge in [-0.25, -0.2) is 0 Å². The van der Waals surface area contributed by atoms with E-state index in [1.165, 1.54) is 0 Å². The lowest BCUT2D eigenvalue weighted by Crippen LogP contribution is -1.78. The number of rotatable bonds is 1. The van der Waals surface area contributed by atoms with Gasteiger partial charge in [0.05, 0.1) is 0 Å². The van der Waals surface area contributed by atoms with Crippen molar-refractivity contribution in [2.24, 2.45) is 0 Å². The van der Waals surface area contributed by atoms with E-state index in [4.69, 9.17) is 21.5 Å². The van der Waals surface area contributed by atoms with Crippen LogP contribution in [0.2, 0.25) is 0 Å². The molecule has 0 spiro atoms. The second kappa shape index (κ2) is 15.6. The molecule has 0 aromatic heterocycles. The summed E-state index contributed by atoms with van der Waals surface area (Å²) in [6.45, 7) is 3.13. The van der Waals surface area contributed by atoms with Crippen molar-refractivity contribution in [2.75, 3.05) is 5.88 Å². The van der Waals surface area contributed by atoms with Crippen LogP contribution in [0.3, 0.4) is 0 Å². The summed E-state index contributed by atoms with van der Waals surface area (Å²) in [4.78, 5) is 9.00. The molecule has 0 rings (SSSR count). The summed E-state index contributed by atoms with van der Waals surface area (Å²) in [5, 5.41) is 7.42. The molecular weight excluding hydrogens is 144 g/mol. The van der Waals surface area contributed by atoms with Gasteiger partial charge in [0.2, 0.25) is 0 Å². The van der Waals surface area contributed by atoms with Gasteiger partial charge in [0, 0.05) is 12.8 Å². The van der Waals surface area contributed by atoms with Gasteiger partial charge in [0.1, 0.15) is 0 Å². The van der Waals surface area contributed by atoms with E-state index in [0.29, 0.717) is 0 Å². The van der Waals surface area contributed by atoms with Crippen molar-refractivity contribution in [2.45, 2.75) is 20.3 Å². The monoisotopic (exact) mass is 156 g/mol. The van der Waals surface area contributed by atoms with Gasteiger partial charge in [-0.3, -0.25) is 4.79 Å². The van der Waals surface area contributed by atoms with Crippen LogP contribution in [-0.4, -0.2) is 22.4 Å². The SMILES string of the molecule is CC(=O)O.CCCCl.O. The molecule has 3 nitrogen and oxygen atoms in total. The topological polar surface area (TPSA) is 68.8 Å². The van der Waals surface area contributed by atoms with E-state index >= 15 is 0 Å². The first-order valence-corrected chi connectivity index (χ1v) is 2.94. The van der Waals surface area contributed by atoms with Crippen LogP contribution in [0.25, 0.3) is 0 Å². The summed E-state index contributed by atoms with van der Waals surface area (Å²) in [5.74, 6) is -0.0417. The zero-order chi connectivity index (χ0) is 6.99. The molecule has 3 N–H and O–H groups in total. The Balaban J connectivity index is -0.0000000720. The van der Waals surface area contributed by atoms with Crippen molar-refractivity contribution in [1.82, 2.24) is 0 Å². The van der Waals surface area contributed by atoms with Crippen molar-refractivity contribution in [3.63, 3.8) is 0 Å². The summed E-state index contributed by atoms with van der Waals surface area (Å²) in [5.41, 5.74) is 0. The Kier molecular flexibility index (Phi) is 27.6. The van der Waals surface area contributed by atoms with E-state index in [0.717, 1.165) is 19.2 Å². The lowest BCUT2D eigenvalue weighted by Gasteiger charge is -1.65. The van der Waals surface area contributed by atoms with E-state index < -0.39 is 5.97 Å². The second-order valence-corrected chi connectivity index (χ2v) is 1.59. The highest BCUT2D eigenvalue weighted by atomic mass is 35.5. The molecule has 0 heterocycles. The van der Waals surface area contributed by atoms with Gasteiger partial charge in [0.25, 0.3) is 5.97 Å². The molecule has 0 atom stereocenters. The summed E-state index contributed by atoms with van der Waals surface area (Å²) in [6.07, 6.45) is 1.08. The van der Waals surface area contributed by atoms with Crippen molar-refractivity contribution in [3.8, 4) is 0 Å². The molecule has 0 fully saturated rings. The average molecular weight is 157 g/mol. The summed E-state index contributed by atoms with van der Waals surface area (Å²) in [6, 6.07) is 0. The van der Waals surface area contributed by atoms with Gasteiger partial charge in [-0.1, -0.05) is 6.92 Å². The maximum absolute atomic E-state index is 9.00. The van der Waals surface area contributed by atoms with Gasteiger partial charge >= 0.3 is 0 Å². The van der Waals surface area contributed by atoms with E-state index in [2.05, 4.69) is 0 Å². The van der Waals surface area contributed by atoms with Crippen molar-refractivity contribution in [1.29, 1.82) is 0 Å². The molecule has 0 amide bonds. The molecule has 0 aromatic carbocycles. The predicted octanol–water partition coefficient (Wildman–Crippen LogP) is 0.901. The maximum atomic E-state index is 9.00. The van der Waals surface area contributed by atoms with Crippen molar-refractivity contribution < 1.29 is 15.4 Å². The number of alkyl halides is 1. The Morgan fingerprint density at radius 1 is 1.67 bits per heavy atom. The van der Waals surface area contributed by atoms with Gasteiger partial charge in [-0.05, 0) is 6.42 Å². The Morgan fingerprint density at radius 2 is 1.78 bits per heavy atom. The highest BCUT2D eigenvalue weighted by Crippen LogP contribution is 1.75. The Labute approximate surface area is 59.9 Å². The zero-order valence-corrected chi connectivity index (χ0v) is 6.40. The van der Waals surface area contributed by atoms with Crippen LogP contribution < -0.4 is 0 Å². The smallest absolute Gasteiger partial charge is 0.300 e. The minimum atomic E-state index is -0.833. The molecular formula is C5H13ClO3. The van der Waals surface area contributed by atoms with Crippen molar-refractivity contribution in [3.05, 3.63) is 0 Å². The fourth-order valence-electron chi connectivity index (χ4n) is 0. The van der Waals surface area contributed by atoms with Gasteiger partial charge in [0.15, 0.2) is 0 Å². The van der Waals surface area contributed by atoms with Crippen LogP contribution in [-0.2, 0) is 4.79 Å². The Hall–Kier alpha value is -0.280. The lowest BCUT2D eigenvalue weighted by molar-refractivity contribution is -0.134. The third-order valence-corrected chi connectivity index (χ3v) is 0.567. The molecule has 0 aliphatic heterocycles. The van der Waals surface area contributed by atoms with E-state index in [1.807, 2.05) is 6.92 Å². The summed E-state index contributed by atoms with van der Waals surface area (Å²) < 4.78 is 0. The quantitative estimate of drug-likeness (QED) is 0.573. The third kappa shape index (κ3) is 487. The van der Waals surface area contributed by atoms with Gasteiger partial charge in [-0.2, -0.15) is 0 Å². The number of hydrogen-bond donors (Lipinski definition) is 1. The van der Waals surface area contributed by atoms with Crippen LogP contribution in [0.1, 0.15) is 20.3 Å². The molecule has 0 aliphatic carbocycles. The standard InChI is InChI=1S/C3H7Cl.C2H4O2.H2O/c1-2-3-4;1-2(3)4;/h2-3H2,1H3;1H3,(H,3,4);1H2. The first kappa shape index (κ1) is 15.9. The summed E-state index contributed by atoms with van der Waals surface area (Å²) >= 11 is 5.19. The van der Waals surface area contributed by atoms with Crippen LogP contribution in [0, 0.1) is 0 Å². The molecule has 0 aromatic rings.